The molecule has 0 radical (unpaired) electrons. The van der Waals surface area contributed by atoms with Gasteiger partial charge in [-0.15, -0.1) is 0 Å². The molecule has 5 rings (SSSR count). The Hall–Kier alpha value is -3.54. The van der Waals surface area contributed by atoms with Gasteiger partial charge < -0.3 is 19.4 Å². The number of imidazole rings is 1. The Kier molecular flexibility index (Phi) is 4.54. The monoisotopic (exact) mass is 403 g/mol. The Balaban J connectivity index is 1.65. The molecule has 6 heteroatoms. The summed E-state index contributed by atoms with van der Waals surface area (Å²) in [6.45, 7) is 0. The summed E-state index contributed by atoms with van der Waals surface area (Å²) in [6.07, 6.45) is 0.786. The first-order valence-corrected chi connectivity index (χ1v) is 9.89. The predicted molar refractivity (Wildman–Crippen MR) is 115 cm³/mol. The van der Waals surface area contributed by atoms with Gasteiger partial charge in [0.05, 0.1) is 37.3 Å². The van der Waals surface area contributed by atoms with Gasteiger partial charge in [-0.3, -0.25) is 0 Å². The third kappa shape index (κ3) is 3.05. The fourth-order valence-electron chi connectivity index (χ4n) is 4.26. The van der Waals surface area contributed by atoms with Crippen LogP contribution in [0.5, 0.6) is 11.5 Å². The van der Waals surface area contributed by atoms with Gasteiger partial charge in [-0.05, 0) is 53.9 Å². The number of para-hydroxylation sites is 2. The van der Waals surface area contributed by atoms with Gasteiger partial charge in [0.15, 0.2) is 11.5 Å². The molecule has 2 unspecified atom stereocenters. The summed E-state index contributed by atoms with van der Waals surface area (Å²) in [5.41, 5.74) is 4.13. The number of hydrogen-bond acceptors (Lipinski definition) is 4. The number of rotatable bonds is 4. The fraction of sp³-hybridized carbons (Fsp3) is 0.208. The summed E-state index contributed by atoms with van der Waals surface area (Å²) in [5.74, 6) is 1.95. The van der Waals surface area contributed by atoms with E-state index < -0.39 is 0 Å². The van der Waals surface area contributed by atoms with Gasteiger partial charge in [0, 0.05) is 0 Å². The van der Waals surface area contributed by atoms with Crippen LogP contribution >= 0.6 is 0 Å². The van der Waals surface area contributed by atoms with Crippen LogP contribution in [0.4, 0.5) is 10.3 Å². The molecule has 5 nitrogen and oxygen atoms in total. The Bertz CT molecular complexity index is 1200. The smallest absolute Gasteiger partial charge is 0.204 e. The lowest BCUT2D eigenvalue weighted by atomic mass is 9.92. The second-order valence-electron chi connectivity index (χ2n) is 7.41. The number of benzene rings is 3. The Morgan fingerprint density at radius 2 is 1.67 bits per heavy atom. The minimum Gasteiger partial charge on any atom is -0.493 e. The van der Waals surface area contributed by atoms with Crippen molar-refractivity contribution in [1.29, 1.82) is 0 Å². The number of nitrogens with zero attached hydrogens (tertiary/aromatic N) is 2. The Morgan fingerprint density at radius 3 is 2.43 bits per heavy atom. The van der Waals surface area contributed by atoms with Crippen LogP contribution in [0.3, 0.4) is 0 Å². The summed E-state index contributed by atoms with van der Waals surface area (Å²) in [5, 5.41) is 3.55. The molecule has 0 saturated heterocycles. The molecular weight excluding hydrogens is 381 g/mol. The number of anilines is 1. The van der Waals surface area contributed by atoms with Crippen molar-refractivity contribution in [3.63, 3.8) is 0 Å². The lowest BCUT2D eigenvalue weighted by molar-refractivity contribution is 0.353. The van der Waals surface area contributed by atoms with Gasteiger partial charge in [0.2, 0.25) is 5.95 Å². The summed E-state index contributed by atoms with van der Waals surface area (Å²) < 4.78 is 26.7. The minimum absolute atomic E-state index is 0.00742. The number of halogens is 1. The zero-order chi connectivity index (χ0) is 20.7. The van der Waals surface area contributed by atoms with Crippen molar-refractivity contribution in [2.75, 3.05) is 19.5 Å². The molecule has 1 aliphatic heterocycles. The van der Waals surface area contributed by atoms with Crippen molar-refractivity contribution in [2.24, 2.45) is 0 Å². The number of nitrogens with one attached hydrogen (secondary N) is 1. The van der Waals surface area contributed by atoms with Crippen LogP contribution in [0.25, 0.3) is 11.0 Å². The highest BCUT2D eigenvalue weighted by Crippen LogP contribution is 2.42. The van der Waals surface area contributed by atoms with Crippen molar-refractivity contribution in [2.45, 2.75) is 18.5 Å². The molecule has 2 atom stereocenters. The number of fused-ring (bicyclic) bond motifs is 3. The van der Waals surface area contributed by atoms with Crippen LogP contribution in [-0.4, -0.2) is 23.8 Å². The molecule has 1 aromatic heterocycles. The molecule has 0 aliphatic carbocycles. The van der Waals surface area contributed by atoms with Crippen LogP contribution < -0.4 is 14.8 Å². The molecule has 3 aromatic carbocycles. The zero-order valence-corrected chi connectivity index (χ0v) is 16.8. The molecule has 0 spiro atoms. The van der Waals surface area contributed by atoms with E-state index >= 15 is 0 Å². The fourth-order valence-corrected chi connectivity index (χ4v) is 4.26. The zero-order valence-electron chi connectivity index (χ0n) is 16.8. The maximum atomic E-state index is 13.5. The average Bonchev–Trinajstić information content (AvgIpc) is 3.17. The normalized spacial score (nSPS) is 18.0. The largest absolute Gasteiger partial charge is 0.493 e. The third-order valence-electron chi connectivity index (χ3n) is 5.73. The van der Waals surface area contributed by atoms with Gasteiger partial charge in [-0.2, -0.15) is 0 Å². The first-order valence-electron chi connectivity index (χ1n) is 9.89. The Labute approximate surface area is 174 Å². The van der Waals surface area contributed by atoms with E-state index in [1.54, 1.807) is 14.2 Å². The van der Waals surface area contributed by atoms with E-state index in [-0.39, 0.29) is 17.9 Å². The molecule has 0 fully saturated rings. The second-order valence-corrected chi connectivity index (χ2v) is 7.41. The van der Waals surface area contributed by atoms with Crippen molar-refractivity contribution in [3.8, 4) is 11.5 Å². The topological polar surface area (TPSA) is 48.3 Å². The first-order chi connectivity index (χ1) is 14.7. The van der Waals surface area contributed by atoms with Gasteiger partial charge in [0.25, 0.3) is 0 Å². The first kappa shape index (κ1) is 18.5. The van der Waals surface area contributed by atoms with E-state index in [0.717, 1.165) is 34.5 Å². The van der Waals surface area contributed by atoms with Gasteiger partial charge >= 0.3 is 0 Å². The molecule has 1 aliphatic rings. The molecule has 2 heterocycles. The quantitative estimate of drug-likeness (QED) is 0.500. The van der Waals surface area contributed by atoms with E-state index in [4.69, 9.17) is 14.5 Å². The van der Waals surface area contributed by atoms with Crippen molar-refractivity contribution >= 4 is 17.0 Å². The molecule has 0 amide bonds. The molecule has 1 N–H and O–H groups in total. The highest BCUT2D eigenvalue weighted by molar-refractivity contribution is 5.79. The lowest BCUT2D eigenvalue weighted by Gasteiger charge is -2.33. The standard InChI is InChI=1S/C24H22FN3O2/c1-29-22-12-9-16(13-23(22)30-2)21-14-19(15-7-10-17(25)11-8-15)27-24-26-18-5-3-4-6-20(18)28(21)24/h3-13,19,21H,14H2,1-2H3,(H,26,27). The molecule has 0 saturated carbocycles. The van der Waals surface area contributed by atoms with Crippen molar-refractivity contribution in [1.82, 2.24) is 9.55 Å². The van der Waals surface area contributed by atoms with Gasteiger partial charge in [-0.1, -0.05) is 30.3 Å². The van der Waals surface area contributed by atoms with E-state index in [9.17, 15) is 4.39 Å². The number of methoxy groups -OCH3 is 2. The lowest BCUT2D eigenvalue weighted by Crippen LogP contribution is -2.27. The van der Waals surface area contributed by atoms with Gasteiger partial charge in [-0.25, -0.2) is 9.37 Å². The summed E-state index contributed by atoms with van der Waals surface area (Å²) in [4.78, 5) is 4.82. The van der Waals surface area contributed by atoms with E-state index in [1.165, 1.54) is 12.1 Å². The SMILES string of the molecule is COc1ccc(C2CC(c3ccc(F)cc3)Nc3nc4ccccc4n32)cc1OC. The number of aromatic nitrogens is 2. The van der Waals surface area contributed by atoms with E-state index in [2.05, 4.69) is 22.0 Å². The molecule has 30 heavy (non-hydrogen) atoms. The van der Waals surface area contributed by atoms with Crippen LogP contribution in [0.2, 0.25) is 0 Å². The third-order valence-corrected chi connectivity index (χ3v) is 5.73. The van der Waals surface area contributed by atoms with Crippen LogP contribution in [0, 0.1) is 5.82 Å². The predicted octanol–water partition coefficient (Wildman–Crippen LogP) is 5.34. The Morgan fingerprint density at radius 1 is 0.933 bits per heavy atom. The molecule has 152 valence electrons. The van der Waals surface area contributed by atoms with Crippen molar-refractivity contribution < 1.29 is 13.9 Å². The van der Waals surface area contributed by atoms with E-state index in [1.807, 2.05) is 42.5 Å². The molecule has 4 aromatic rings. The molecular formula is C24H22FN3O2. The van der Waals surface area contributed by atoms with Crippen LogP contribution in [-0.2, 0) is 0 Å². The maximum absolute atomic E-state index is 13.5. The molecule has 0 bridgehead atoms. The summed E-state index contributed by atoms with van der Waals surface area (Å²) in [6, 6.07) is 20.8. The van der Waals surface area contributed by atoms with Crippen molar-refractivity contribution in [3.05, 3.63) is 83.7 Å². The highest BCUT2D eigenvalue weighted by Gasteiger charge is 2.31. The number of ether oxygens (including phenoxy) is 2. The minimum atomic E-state index is -0.238. The van der Waals surface area contributed by atoms with Crippen LogP contribution in [0.15, 0.2) is 66.7 Å². The average molecular weight is 403 g/mol. The number of hydrogen-bond donors (Lipinski definition) is 1. The van der Waals surface area contributed by atoms with Gasteiger partial charge in [0.1, 0.15) is 5.82 Å². The van der Waals surface area contributed by atoms with E-state index in [0.29, 0.717) is 11.5 Å². The van der Waals surface area contributed by atoms with Crippen LogP contribution in [0.1, 0.15) is 29.6 Å². The maximum Gasteiger partial charge on any atom is 0.204 e. The summed E-state index contributed by atoms with van der Waals surface area (Å²) in [7, 11) is 3.28. The highest BCUT2D eigenvalue weighted by atomic mass is 19.1. The summed E-state index contributed by atoms with van der Waals surface area (Å²) >= 11 is 0. The second kappa shape index (κ2) is 7.37.